The molecule has 4 N–H and O–H groups in total. The van der Waals surface area contributed by atoms with Crippen LogP contribution in [0.3, 0.4) is 0 Å². The first kappa shape index (κ1) is 38.5. The Morgan fingerprint density at radius 2 is 1.85 bits per heavy atom. The van der Waals surface area contributed by atoms with Gasteiger partial charge in [-0.25, -0.2) is 27.6 Å². The molecule has 298 valence electrons. The maximum atomic E-state index is 16.6. The van der Waals surface area contributed by atoms with Crippen molar-refractivity contribution in [3.63, 3.8) is 0 Å². The van der Waals surface area contributed by atoms with Crippen LogP contribution in [0.1, 0.15) is 88.6 Å². The third-order valence-electron chi connectivity index (χ3n) is 11.4. The second-order valence-corrected chi connectivity index (χ2v) is 17.5. The summed E-state index contributed by atoms with van der Waals surface area (Å²) in [6, 6.07) is -0.549. The molecule has 5 heterocycles. The number of nitrogens with one attached hydrogen (secondary N) is 3. The van der Waals surface area contributed by atoms with Gasteiger partial charge in [0, 0.05) is 24.8 Å². The van der Waals surface area contributed by atoms with E-state index in [1.807, 2.05) is 0 Å². The minimum absolute atomic E-state index is 0.00287. The van der Waals surface area contributed by atoms with E-state index in [0.29, 0.717) is 38.5 Å². The number of ether oxygens (including phenoxy) is 2. The highest BCUT2D eigenvalue weighted by Crippen LogP contribution is 2.53. The summed E-state index contributed by atoms with van der Waals surface area (Å²) in [5.41, 5.74) is -6.36. The molecular weight excluding hydrogens is 756 g/mol. The van der Waals surface area contributed by atoms with Crippen molar-refractivity contribution in [2.75, 3.05) is 13.7 Å². The van der Waals surface area contributed by atoms with E-state index in [1.54, 1.807) is 12.2 Å². The number of pyridine rings is 2. The lowest BCUT2D eigenvalue weighted by Gasteiger charge is -2.38. The monoisotopic (exact) mass is 796 g/mol. The Hall–Kier alpha value is -4.75. The fourth-order valence-electron chi connectivity index (χ4n) is 7.87. The number of carbonyl (C=O) groups excluding carboxylic acids is 3. The minimum atomic E-state index is -5.14. The van der Waals surface area contributed by atoms with Gasteiger partial charge in [0.15, 0.2) is 11.4 Å². The number of fused-ring (bicyclic) bond motifs is 5. The topological polar surface area (TPSA) is 206 Å². The Kier molecular flexibility index (Phi) is 9.44. The van der Waals surface area contributed by atoms with Crippen LogP contribution in [0.2, 0.25) is 0 Å². The van der Waals surface area contributed by atoms with E-state index in [-0.39, 0.29) is 29.8 Å². The maximum Gasteiger partial charge on any atom is 0.437 e. The minimum Gasteiger partial charge on any atom is -0.482 e. The fourth-order valence-corrected chi connectivity index (χ4v) is 9.18. The Labute approximate surface area is 312 Å². The first-order valence-electron chi connectivity index (χ1n) is 18.0. The van der Waals surface area contributed by atoms with Crippen LogP contribution in [0.5, 0.6) is 11.6 Å². The van der Waals surface area contributed by atoms with E-state index in [4.69, 9.17) is 9.47 Å². The van der Waals surface area contributed by atoms with Gasteiger partial charge in [-0.15, -0.1) is 0 Å². The predicted octanol–water partition coefficient (Wildman–Crippen LogP) is 3.82. The number of aromatic nitrogens is 2. The number of alkyl halides is 4. The molecule has 0 bridgehead atoms. The SMILES string of the molecule is COc1ccc2nc(C(F)(F)F)c3c(c2n1)C(F)C[C@]1(C[C@H]2C(=O)N[C@]4(C(=O)NS(=O)(=O)C5(C)CC5)C[C@H]4C=CCCCCC[C@H](NC(=O)O)C(=O)N2C1)O3. The molecule has 2 aromatic heterocycles. The molecule has 3 aliphatic heterocycles. The second kappa shape index (κ2) is 13.5. The molecule has 15 nitrogen and oxygen atoms in total. The molecule has 3 fully saturated rings. The second-order valence-electron chi connectivity index (χ2n) is 15.3. The number of rotatable bonds is 5. The van der Waals surface area contributed by atoms with Gasteiger partial charge >= 0.3 is 12.3 Å². The van der Waals surface area contributed by atoms with Crippen LogP contribution in [-0.2, 0) is 30.6 Å². The van der Waals surface area contributed by atoms with Crippen LogP contribution in [0.4, 0.5) is 22.4 Å². The first-order valence-corrected chi connectivity index (χ1v) is 19.4. The number of hydrogen-bond acceptors (Lipinski definition) is 10. The highest BCUT2D eigenvalue weighted by molar-refractivity contribution is 7.91. The van der Waals surface area contributed by atoms with Gasteiger partial charge in [-0.2, -0.15) is 13.2 Å². The lowest BCUT2D eigenvalue weighted by Crippen LogP contribution is -2.58. The van der Waals surface area contributed by atoms with Crippen molar-refractivity contribution in [1.82, 2.24) is 30.2 Å². The van der Waals surface area contributed by atoms with Gasteiger partial charge < -0.3 is 30.1 Å². The molecule has 4 amide bonds. The largest absolute Gasteiger partial charge is 0.482 e. The highest BCUT2D eigenvalue weighted by atomic mass is 32.2. The maximum absolute atomic E-state index is 16.6. The molecule has 1 unspecified atom stereocenters. The van der Waals surface area contributed by atoms with Gasteiger partial charge in [-0.05, 0) is 51.5 Å². The van der Waals surface area contributed by atoms with E-state index >= 15 is 4.39 Å². The van der Waals surface area contributed by atoms with E-state index in [0.717, 1.165) is 4.90 Å². The van der Waals surface area contributed by atoms with Crippen LogP contribution in [0.15, 0.2) is 24.3 Å². The quantitative estimate of drug-likeness (QED) is 0.253. The van der Waals surface area contributed by atoms with Crippen molar-refractivity contribution in [3.05, 3.63) is 35.5 Å². The lowest BCUT2D eigenvalue weighted by molar-refractivity contribution is -0.145. The summed E-state index contributed by atoms with van der Waals surface area (Å²) in [6.07, 6.45) is -3.79. The lowest BCUT2D eigenvalue weighted by atomic mass is 9.86. The Morgan fingerprint density at radius 1 is 1.11 bits per heavy atom. The number of amides is 4. The smallest absolute Gasteiger partial charge is 0.437 e. The van der Waals surface area contributed by atoms with E-state index in [9.17, 15) is 45.9 Å². The summed E-state index contributed by atoms with van der Waals surface area (Å²) in [7, 11) is -2.88. The molecule has 1 spiro atoms. The average Bonchev–Trinajstić information content (AvgIpc) is 4.00. The third-order valence-corrected chi connectivity index (χ3v) is 13.5. The zero-order valence-corrected chi connectivity index (χ0v) is 30.7. The van der Waals surface area contributed by atoms with Crippen LogP contribution in [-0.4, -0.2) is 93.8 Å². The average molecular weight is 797 g/mol. The molecule has 55 heavy (non-hydrogen) atoms. The van der Waals surface area contributed by atoms with E-state index in [1.165, 1.54) is 26.2 Å². The Bertz CT molecular complexity index is 2100. The number of sulfonamides is 1. The summed E-state index contributed by atoms with van der Waals surface area (Å²) in [5, 5.41) is 14.4. The molecule has 20 heteroatoms. The molecule has 2 saturated carbocycles. The van der Waals surface area contributed by atoms with Gasteiger partial charge in [0.2, 0.25) is 27.7 Å². The number of methoxy groups -OCH3 is 1. The number of hydrogen-bond donors (Lipinski definition) is 4. The molecule has 1 saturated heterocycles. The Balaban J connectivity index is 1.29. The molecule has 2 aliphatic carbocycles. The number of nitrogens with zero attached hydrogens (tertiary/aromatic N) is 3. The van der Waals surface area contributed by atoms with Crippen molar-refractivity contribution in [3.8, 4) is 11.6 Å². The van der Waals surface area contributed by atoms with Crippen molar-refractivity contribution in [2.24, 2.45) is 5.92 Å². The number of allylic oxidation sites excluding steroid dienone is 1. The van der Waals surface area contributed by atoms with Crippen molar-refractivity contribution >= 4 is 44.9 Å². The van der Waals surface area contributed by atoms with Crippen molar-refractivity contribution < 1.29 is 59.7 Å². The van der Waals surface area contributed by atoms with Gasteiger partial charge in [0.25, 0.3) is 5.91 Å². The molecule has 5 aliphatic rings. The van der Waals surface area contributed by atoms with Gasteiger partial charge in [-0.1, -0.05) is 25.0 Å². The van der Waals surface area contributed by atoms with Gasteiger partial charge in [0.05, 0.1) is 29.5 Å². The predicted molar refractivity (Wildman–Crippen MR) is 184 cm³/mol. The molecular formula is C35H40F4N6O9S. The van der Waals surface area contributed by atoms with Crippen LogP contribution in [0, 0.1) is 5.92 Å². The molecule has 2 aromatic rings. The fraction of sp³-hybridized carbons (Fsp3) is 0.600. The van der Waals surface area contributed by atoms with Crippen LogP contribution < -0.4 is 24.8 Å². The van der Waals surface area contributed by atoms with Gasteiger partial charge in [-0.3, -0.25) is 19.1 Å². The first-order chi connectivity index (χ1) is 25.8. The molecule has 6 atom stereocenters. The summed E-state index contributed by atoms with van der Waals surface area (Å²) >= 11 is 0. The Morgan fingerprint density at radius 3 is 2.53 bits per heavy atom. The summed E-state index contributed by atoms with van der Waals surface area (Å²) in [6.45, 7) is 0.843. The summed E-state index contributed by atoms with van der Waals surface area (Å²) < 4.78 is 98.7. The zero-order chi connectivity index (χ0) is 39.7. The van der Waals surface area contributed by atoms with Crippen LogP contribution >= 0.6 is 0 Å². The highest BCUT2D eigenvalue weighted by Gasteiger charge is 2.64. The summed E-state index contributed by atoms with van der Waals surface area (Å²) in [5.74, 6) is -4.54. The zero-order valence-electron chi connectivity index (χ0n) is 29.9. The molecule has 7 rings (SSSR count). The standard InChI is InChI=1S/C35H40F4N6O9S/c1-32(12-13-32)55(51,52)44-30(48)34-14-18(34)8-6-4-3-5-7-9-21(41-31(49)50)29(47)45-17-33(16-22(45)28(46)43-34)15-19(36)24-25-20(10-11-23(42-25)53-2)40-27(26(24)54-33)35(37,38)39/h6,8,10-11,18-19,21-22,41H,3-5,7,9,12-17H2,1-2H3,(H,43,46)(H,44,48)(H,49,50)/t18-,19?,21+,22+,33-,34-/m1/s1. The number of carboxylic acid groups (broad SMARTS) is 1. The summed E-state index contributed by atoms with van der Waals surface area (Å²) in [4.78, 5) is 63.1. The van der Waals surface area contributed by atoms with Crippen molar-refractivity contribution in [1.29, 1.82) is 0 Å². The van der Waals surface area contributed by atoms with E-state index in [2.05, 4.69) is 25.3 Å². The number of halogens is 4. The molecule has 0 radical (unpaired) electrons. The number of carbonyl (C=O) groups is 4. The molecule has 0 aromatic carbocycles. The van der Waals surface area contributed by atoms with Crippen LogP contribution in [0.25, 0.3) is 11.0 Å². The normalized spacial score (nSPS) is 30.5. The van der Waals surface area contributed by atoms with Gasteiger partial charge in [0.1, 0.15) is 34.9 Å². The van der Waals surface area contributed by atoms with Crippen molar-refractivity contribution in [2.45, 2.75) is 111 Å². The third kappa shape index (κ3) is 7.01. The van der Waals surface area contributed by atoms with E-state index < -0.39 is 116 Å².